The van der Waals surface area contributed by atoms with Gasteiger partial charge in [-0.05, 0) is 116 Å². The average molecular weight is 871 g/mol. The van der Waals surface area contributed by atoms with E-state index in [9.17, 15) is 14.4 Å². The van der Waals surface area contributed by atoms with Gasteiger partial charge in [-0.3, -0.25) is 14.4 Å². The zero-order valence-electron chi connectivity index (χ0n) is 40.3. The van der Waals surface area contributed by atoms with Gasteiger partial charge >= 0.3 is 17.9 Å². The second-order valence-corrected chi connectivity index (χ2v) is 16.0. The molecule has 0 aliphatic heterocycles. The first-order chi connectivity index (χ1) is 31.0. The fourth-order valence-electron chi connectivity index (χ4n) is 6.15. The van der Waals surface area contributed by atoms with Gasteiger partial charge in [0.1, 0.15) is 13.2 Å². The third-order valence-electron chi connectivity index (χ3n) is 9.92. The van der Waals surface area contributed by atoms with Gasteiger partial charge in [-0.2, -0.15) is 0 Å². The zero-order valence-corrected chi connectivity index (χ0v) is 40.3. The van der Waals surface area contributed by atoms with E-state index in [4.69, 9.17) is 14.2 Å². The number of hydrogen-bond donors (Lipinski definition) is 0. The van der Waals surface area contributed by atoms with Gasteiger partial charge in [-0.15, -0.1) is 0 Å². The molecule has 0 aromatic heterocycles. The largest absolute Gasteiger partial charge is 0.462 e. The summed E-state index contributed by atoms with van der Waals surface area (Å²) in [6, 6.07) is 0. The summed E-state index contributed by atoms with van der Waals surface area (Å²) in [4.78, 5) is 37.9. The monoisotopic (exact) mass is 871 g/mol. The van der Waals surface area contributed by atoms with Crippen LogP contribution in [-0.2, 0) is 28.6 Å². The normalized spacial score (nSPS) is 13.1. The predicted molar refractivity (Wildman–Crippen MR) is 269 cm³/mol. The number of carbonyl (C=O) groups excluding carboxylic acids is 3. The van der Waals surface area contributed by atoms with Crippen molar-refractivity contribution in [2.75, 3.05) is 13.2 Å². The highest BCUT2D eigenvalue weighted by molar-refractivity contribution is 5.71. The zero-order chi connectivity index (χ0) is 45.8. The van der Waals surface area contributed by atoms with Crippen LogP contribution in [0.3, 0.4) is 0 Å². The maximum absolute atomic E-state index is 12.8. The molecule has 0 spiro atoms. The van der Waals surface area contributed by atoms with Crippen LogP contribution >= 0.6 is 0 Å². The molecule has 354 valence electrons. The Kier molecular flexibility index (Phi) is 47.1. The van der Waals surface area contributed by atoms with Crippen LogP contribution < -0.4 is 0 Å². The van der Waals surface area contributed by atoms with E-state index in [0.29, 0.717) is 19.3 Å². The van der Waals surface area contributed by atoms with E-state index in [2.05, 4.69) is 142 Å². The second kappa shape index (κ2) is 50.5. The molecule has 0 saturated heterocycles. The van der Waals surface area contributed by atoms with E-state index < -0.39 is 6.10 Å². The molecule has 63 heavy (non-hydrogen) atoms. The summed E-state index contributed by atoms with van der Waals surface area (Å²) in [7, 11) is 0. The van der Waals surface area contributed by atoms with Crippen LogP contribution in [0.4, 0.5) is 0 Å². The number of hydrogen-bond acceptors (Lipinski definition) is 6. The summed E-state index contributed by atoms with van der Waals surface area (Å²) in [5, 5.41) is 0. The van der Waals surface area contributed by atoms with Crippen LogP contribution in [0.5, 0.6) is 0 Å². The topological polar surface area (TPSA) is 78.9 Å². The molecule has 0 radical (unpaired) electrons. The third kappa shape index (κ3) is 48.7. The second-order valence-electron chi connectivity index (χ2n) is 16.0. The lowest BCUT2D eigenvalue weighted by molar-refractivity contribution is -0.167. The molecule has 0 aliphatic rings. The van der Waals surface area contributed by atoms with Crippen LogP contribution in [0.1, 0.15) is 201 Å². The third-order valence-corrected chi connectivity index (χ3v) is 9.92. The van der Waals surface area contributed by atoms with Crippen LogP contribution in [0, 0.1) is 0 Å². The number of ether oxygens (including phenoxy) is 3. The Morgan fingerprint density at radius 1 is 0.333 bits per heavy atom. The quantitative estimate of drug-likeness (QED) is 0.0263. The molecular formula is C57H90O6. The summed E-state index contributed by atoms with van der Waals surface area (Å²) >= 11 is 0. The van der Waals surface area contributed by atoms with Crippen LogP contribution in [0.2, 0.25) is 0 Å². The van der Waals surface area contributed by atoms with E-state index in [1.807, 2.05) is 0 Å². The maximum Gasteiger partial charge on any atom is 0.306 e. The summed E-state index contributed by atoms with van der Waals surface area (Å²) in [6.07, 6.45) is 69.0. The molecule has 1 atom stereocenters. The molecule has 0 bridgehead atoms. The molecule has 0 rings (SSSR count). The first-order valence-corrected chi connectivity index (χ1v) is 25.0. The van der Waals surface area contributed by atoms with Crippen LogP contribution in [0.25, 0.3) is 0 Å². The molecule has 0 aliphatic carbocycles. The van der Waals surface area contributed by atoms with Crippen molar-refractivity contribution in [3.63, 3.8) is 0 Å². The molecule has 0 saturated carbocycles. The highest BCUT2D eigenvalue weighted by Crippen LogP contribution is 2.11. The Morgan fingerprint density at radius 3 is 1.10 bits per heavy atom. The van der Waals surface area contributed by atoms with E-state index in [-0.39, 0.29) is 44.0 Å². The Bertz CT molecular complexity index is 1370. The minimum Gasteiger partial charge on any atom is -0.462 e. The molecule has 0 fully saturated rings. The number of carbonyl (C=O) groups is 3. The summed E-state index contributed by atoms with van der Waals surface area (Å²) in [5.41, 5.74) is 0. The molecule has 0 aromatic rings. The lowest BCUT2D eigenvalue weighted by atomic mass is 10.1. The van der Waals surface area contributed by atoms with Crippen LogP contribution in [-0.4, -0.2) is 37.2 Å². The van der Waals surface area contributed by atoms with E-state index >= 15 is 0 Å². The number of esters is 3. The van der Waals surface area contributed by atoms with Crippen molar-refractivity contribution < 1.29 is 28.6 Å². The number of allylic oxidation sites excluding steroid dienone is 20. The molecule has 6 heteroatoms. The van der Waals surface area contributed by atoms with Crippen molar-refractivity contribution in [1.29, 1.82) is 0 Å². The highest BCUT2D eigenvalue weighted by Gasteiger charge is 2.19. The lowest BCUT2D eigenvalue weighted by Gasteiger charge is -2.18. The summed E-state index contributed by atoms with van der Waals surface area (Å²) in [5.74, 6) is -1.06. The van der Waals surface area contributed by atoms with Gasteiger partial charge in [0, 0.05) is 19.3 Å². The minimum atomic E-state index is -0.835. The van der Waals surface area contributed by atoms with Gasteiger partial charge in [0.05, 0.1) is 0 Å². The minimum absolute atomic E-state index is 0.126. The molecule has 0 unspecified atom stereocenters. The van der Waals surface area contributed by atoms with Gasteiger partial charge in [0.2, 0.25) is 0 Å². The summed E-state index contributed by atoms with van der Waals surface area (Å²) in [6.45, 7) is 6.33. The van der Waals surface area contributed by atoms with E-state index in [0.717, 1.165) is 96.3 Å². The summed E-state index contributed by atoms with van der Waals surface area (Å²) < 4.78 is 16.7. The van der Waals surface area contributed by atoms with Gasteiger partial charge in [0.25, 0.3) is 0 Å². The maximum atomic E-state index is 12.8. The van der Waals surface area contributed by atoms with Crippen molar-refractivity contribution in [2.24, 2.45) is 0 Å². The molecule has 0 heterocycles. The predicted octanol–water partition coefficient (Wildman–Crippen LogP) is 16.5. The van der Waals surface area contributed by atoms with Crippen LogP contribution in [0.15, 0.2) is 122 Å². The highest BCUT2D eigenvalue weighted by atomic mass is 16.6. The van der Waals surface area contributed by atoms with Crippen molar-refractivity contribution in [1.82, 2.24) is 0 Å². The SMILES string of the molecule is CC/C=C\C/C=C\C/C=C\C/C=C\C/C=C\CCCC(=O)OC[C@@H](COC(=O)CCCCCCC/C=C\CCCC)OC(=O)CCC/C=C\C/C=C\C/C=C\C/C=C\CCCCC. The van der Waals surface area contributed by atoms with E-state index in [1.165, 1.54) is 51.4 Å². The van der Waals surface area contributed by atoms with Gasteiger partial charge in [-0.1, -0.05) is 187 Å². The Hall–Kier alpha value is -4.19. The average Bonchev–Trinajstić information content (AvgIpc) is 3.28. The Labute approximate surface area is 386 Å². The molecule has 0 N–H and O–H groups in total. The van der Waals surface area contributed by atoms with E-state index in [1.54, 1.807) is 0 Å². The lowest BCUT2D eigenvalue weighted by Crippen LogP contribution is -2.30. The smallest absolute Gasteiger partial charge is 0.306 e. The molecule has 6 nitrogen and oxygen atoms in total. The number of unbranched alkanes of at least 4 members (excludes halogenated alkanes) is 12. The van der Waals surface area contributed by atoms with Gasteiger partial charge in [0.15, 0.2) is 6.10 Å². The fourth-order valence-corrected chi connectivity index (χ4v) is 6.15. The fraction of sp³-hybridized carbons (Fsp3) is 0.596. The molecular weight excluding hydrogens is 781 g/mol. The van der Waals surface area contributed by atoms with Crippen molar-refractivity contribution >= 4 is 17.9 Å². The van der Waals surface area contributed by atoms with Crippen molar-refractivity contribution in [3.05, 3.63) is 122 Å². The van der Waals surface area contributed by atoms with Gasteiger partial charge < -0.3 is 14.2 Å². The molecule has 0 amide bonds. The van der Waals surface area contributed by atoms with Crippen molar-refractivity contribution in [2.45, 2.75) is 207 Å². The van der Waals surface area contributed by atoms with Gasteiger partial charge in [-0.25, -0.2) is 0 Å². The molecule has 0 aromatic carbocycles. The van der Waals surface area contributed by atoms with Crippen molar-refractivity contribution in [3.8, 4) is 0 Å². The Balaban J connectivity index is 4.59. The Morgan fingerprint density at radius 2 is 0.651 bits per heavy atom. The first-order valence-electron chi connectivity index (χ1n) is 25.0. The number of rotatable bonds is 43. The first kappa shape index (κ1) is 58.8. The standard InChI is InChI=1S/C57H90O6/c1-4-7-10-13-16-19-22-24-26-28-30-32-35-38-41-44-47-50-56(59)62-53-54(52-61-55(58)49-46-43-40-37-34-21-18-15-12-9-6-3)63-57(60)51-48-45-42-39-36-33-31-29-27-25-23-20-17-14-11-8-5-2/h7,10,15-20,24-27,30-33,38-39,41-42,54H,4-6,8-9,11-14,21-23,28-29,34-37,40,43-53H2,1-3H3/b10-7-,18-15-,19-16-,20-17-,26-24-,27-25-,32-30-,33-31-,41-38-,42-39-/t54-/m1/s1.